The third-order valence-corrected chi connectivity index (χ3v) is 6.90. The summed E-state index contributed by atoms with van der Waals surface area (Å²) in [5.41, 5.74) is 4.75. The van der Waals surface area contributed by atoms with Gasteiger partial charge < -0.3 is 5.11 Å². The predicted molar refractivity (Wildman–Crippen MR) is 113 cm³/mol. The molecule has 1 aliphatic carbocycles. The standard InChI is InChI=1S/C24H40O4/c1-17(11-12-20-18(2)10-8-14-23(20,4)5)9-7-15-24(6)16-13-21(27-28-24)19(3)22(25)26/h9,19,21H,7-8,10-16H2,1-6H3,(H,25,26)/b17-9+/t19-,21+,24-/m1/s1. The van der Waals surface area contributed by atoms with Gasteiger partial charge in [0.1, 0.15) is 11.7 Å². The Morgan fingerprint density at radius 1 is 1.32 bits per heavy atom. The Morgan fingerprint density at radius 3 is 2.61 bits per heavy atom. The van der Waals surface area contributed by atoms with Gasteiger partial charge in [-0.2, -0.15) is 0 Å². The molecule has 28 heavy (non-hydrogen) atoms. The largest absolute Gasteiger partial charge is 0.481 e. The molecular formula is C24H40O4. The highest BCUT2D eigenvalue weighted by atomic mass is 17.2. The summed E-state index contributed by atoms with van der Waals surface area (Å²) >= 11 is 0. The van der Waals surface area contributed by atoms with E-state index in [-0.39, 0.29) is 11.7 Å². The molecule has 2 aliphatic rings. The fourth-order valence-corrected chi connectivity index (χ4v) is 4.65. The SMILES string of the molecule is CC1=C(CC/C(C)=C/CC[C@]2(C)CC[C@@H]([C@@H](C)C(=O)O)OO2)C(C)(C)CCC1. The van der Waals surface area contributed by atoms with Gasteiger partial charge in [-0.05, 0) is 90.9 Å². The van der Waals surface area contributed by atoms with E-state index < -0.39 is 11.9 Å². The van der Waals surface area contributed by atoms with Gasteiger partial charge in [0.25, 0.3) is 0 Å². The van der Waals surface area contributed by atoms with E-state index in [9.17, 15) is 4.79 Å². The molecular weight excluding hydrogens is 352 g/mol. The van der Waals surface area contributed by atoms with Crippen molar-refractivity contribution >= 4 is 5.97 Å². The molecule has 0 bridgehead atoms. The van der Waals surface area contributed by atoms with Gasteiger partial charge >= 0.3 is 5.97 Å². The minimum atomic E-state index is -0.831. The lowest BCUT2D eigenvalue weighted by atomic mass is 9.71. The molecule has 2 rings (SSSR count). The smallest absolute Gasteiger partial charge is 0.308 e. The van der Waals surface area contributed by atoms with Gasteiger partial charge in [0.2, 0.25) is 0 Å². The van der Waals surface area contributed by atoms with Gasteiger partial charge in [-0.1, -0.05) is 36.6 Å². The average molecular weight is 393 g/mol. The molecule has 1 saturated heterocycles. The summed E-state index contributed by atoms with van der Waals surface area (Å²) in [6.45, 7) is 13.1. The Bertz CT molecular complexity index is 606. The number of hydrogen-bond acceptors (Lipinski definition) is 3. The van der Waals surface area contributed by atoms with E-state index in [1.807, 2.05) is 0 Å². The van der Waals surface area contributed by atoms with Crippen LogP contribution in [0.5, 0.6) is 0 Å². The zero-order valence-corrected chi connectivity index (χ0v) is 18.8. The van der Waals surface area contributed by atoms with Crippen LogP contribution in [0, 0.1) is 11.3 Å². The number of carboxylic acids is 1. The fraction of sp³-hybridized carbons (Fsp3) is 0.792. The number of aliphatic carboxylic acids is 1. The molecule has 0 radical (unpaired) electrons. The molecule has 160 valence electrons. The summed E-state index contributed by atoms with van der Waals surface area (Å²) in [5, 5.41) is 9.11. The molecule has 1 N–H and O–H groups in total. The van der Waals surface area contributed by atoms with Crippen molar-refractivity contribution in [3.63, 3.8) is 0 Å². The number of carboxylic acid groups (broad SMARTS) is 1. The molecule has 0 amide bonds. The Hall–Kier alpha value is -1.13. The van der Waals surface area contributed by atoms with Crippen LogP contribution in [-0.2, 0) is 14.6 Å². The number of hydrogen-bond donors (Lipinski definition) is 1. The molecule has 1 fully saturated rings. The minimum absolute atomic E-state index is 0.323. The highest BCUT2D eigenvalue weighted by Gasteiger charge is 2.37. The van der Waals surface area contributed by atoms with Gasteiger partial charge in [-0.3, -0.25) is 4.79 Å². The van der Waals surface area contributed by atoms with E-state index in [0.29, 0.717) is 5.41 Å². The van der Waals surface area contributed by atoms with Crippen LogP contribution in [-0.4, -0.2) is 22.8 Å². The molecule has 4 nitrogen and oxygen atoms in total. The van der Waals surface area contributed by atoms with Crippen LogP contribution < -0.4 is 0 Å². The maximum Gasteiger partial charge on any atom is 0.308 e. The summed E-state index contributed by atoms with van der Waals surface area (Å²) in [5.74, 6) is -1.37. The summed E-state index contributed by atoms with van der Waals surface area (Å²) in [6.07, 6.45) is 11.6. The zero-order valence-electron chi connectivity index (χ0n) is 18.8. The van der Waals surface area contributed by atoms with Crippen LogP contribution in [0.4, 0.5) is 0 Å². The zero-order chi connectivity index (χ0) is 20.9. The second kappa shape index (κ2) is 9.58. The molecule has 4 heteroatoms. The lowest BCUT2D eigenvalue weighted by Gasteiger charge is -2.37. The van der Waals surface area contributed by atoms with Gasteiger partial charge in [0.05, 0.1) is 5.92 Å². The van der Waals surface area contributed by atoms with Crippen LogP contribution in [0.3, 0.4) is 0 Å². The summed E-state index contributed by atoms with van der Waals surface area (Å²) < 4.78 is 0. The van der Waals surface area contributed by atoms with E-state index in [0.717, 1.165) is 32.1 Å². The molecule has 0 aromatic heterocycles. The molecule has 1 heterocycles. The van der Waals surface area contributed by atoms with E-state index in [1.165, 1.54) is 31.3 Å². The van der Waals surface area contributed by atoms with Crippen molar-refractivity contribution in [1.29, 1.82) is 0 Å². The maximum atomic E-state index is 11.1. The Balaban J connectivity index is 1.79. The molecule has 0 aromatic rings. The van der Waals surface area contributed by atoms with Crippen LogP contribution in [0.15, 0.2) is 22.8 Å². The molecule has 3 atom stereocenters. The second-order valence-corrected chi connectivity index (χ2v) is 9.92. The van der Waals surface area contributed by atoms with Gasteiger partial charge in [0, 0.05) is 0 Å². The van der Waals surface area contributed by atoms with Crippen molar-refractivity contribution < 1.29 is 19.7 Å². The second-order valence-electron chi connectivity index (χ2n) is 9.92. The Morgan fingerprint density at radius 2 is 2.04 bits per heavy atom. The number of carbonyl (C=O) groups is 1. The lowest BCUT2D eigenvalue weighted by Crippen LogP contribution is -2.41. The first-order valence-electron chi connectivity index (χ1n) is 11.0. The summed E-state index contributed by atoms with van der Waals surface area (Å²) in [6, 6.07) is 0. The van der Waals surface area contributed by atoms with E-state index in [1.54, 1.807) is 18.1 Å². The van der Waals surface area contributed by atoms with Gasteiger partial charge in [-0.25, -0.2) is 9.78 Å². The van der Waals surface area contributed by atoms with E-state index in [4.69, 9.17) is 14.9 Å². The molecule has 0 saturated carbocycles. The predicted octanol–water partition coefficient (Wildman–Crippen LogP) is 6.61. The van der Waals surface area contributed by atoms with Crippen molar-refractivity contribution in [3.05, 3.63) is 22.8 Å². The van der Waals surface area contributed by atoms with Crippen molar-refractivity contribution in [2.24, 2.45) is 11.3 Å². The van der Waals surface area contributed by atoms with Gasteiger partial charge in [0.15, 0.2) is 0 Å². The maximum absolute atomic E-state index is 11.1. The fourth-order valence-electron chi connectivity index (χ4n) is 4.65. The van der Waals surface area contributed by atoms with E-state index >= 15 is 0 Å². The van der Waals surface area contributed by atoms with Gasteiger partial charge in [-0.15, -0.1) is 0 Å². The third-order valence-electron chi connectivity index (χ3n) is 6.90. The number of allylic oxidation sites excluding steroid dienone is 4. The van der Waals surface area contributed by atoms with Crippen LogP contribution in [0.2, 0.25) is 0 Å². The van der Waals surface area contributed by atoms with E-state index in [2.05, 4.69) is 40.7 Å². The first kappa shape index (κ1) is 23.2. The normalized spacial score (nSPS) is 29.6. The Kier molecular flexibility index (Phi) is 7.92. The Labute approximate surface area is 171 Å². The summed E-state index contributed by atoms with van der Waals surface area (Å²) in [4.78, 5) is 22.2. The van der Waals surface area contributed by atoms with Crippen LogP contribution in [0.25, 0.3) is 0 Å². The summed E-state index contributed by atoms with van der Waals surface area (Å²) in [7, 11) is 0. The highest BCUT2D eigenvalue weighted by Crippen LogP contribution is 2.42. The quantitative estimate of drug-likeness (QED) is 0.373. The first-order valence-corrected chi connectivity index (χ1v) is 11.0. The van der Waals surface area contributed by atoms with Crippen molar-refractivity contribution in [2.45, 2.75) is 111 Å². The molecule has 1 aliphatic heterocycles. The highest BCUT2D eigenvalue weighted by molar-refractivity contribution is 5.70. The third kappa shape index (κ3) is 6.18. The van der Waals surface area contributed by atoms with Crippen molar-refractivity contribution in [2.75, 3.05) is 0 Å². The minimum Gasteiger partial charge on any atom is -0.481 e. The molecule has 0 spiro atoms. The number of rotatable bonds is 8. The van der Waals surface area contributed by atoms with Crippen LogP contribution >= 0.6 is 0 Å². The molecule has 0 aromatic carbocycles. The van der Waals surface area contributed by atoms with Crippen LogP contribution in [0.1, 0.15) is 99.3 Å². The first-order chi connectivity index (χ1) is 13.0. The average Bonchev–Trinajstić information content (AvgIpc) is 2.60. The van der Waals surface area contributed by atoms with Crippen molar-refractivity contribution in [3.8, 4) is 0 Å². The monoisotopic (exact) mass is 392 g/mol. The topological polar surface area (TPSA) is 55.8 Å². The van der Waals surface area contributed by atoms with Crippen molar-refractivity contribution in [1.82, 2.24) is 0 Å². The molecule has 0 unspecified atom stereocenters. The lowest BCUT2D eigenvalue weighted by molar-refractivity contribution is -0.411.